The average molecular weight is 410 g/mol. The summed E-state index contributed by atoms with van der Waals surface area (Å²) in [7, 11) is 0. The number of Topliss-reactive ketones (excluding diaryl/α,β-unsaturated/α-hetero) is 1. The van der Waals surface area contributed by atoms with Crippen LogP contribution < -0.4 is 16.0 Å². The van der Waals surface area contributed by atoms with Crippen LogP contribution in [0.2, 0.25) is 5.02 Å². The molecule has 0 amide bonds. The number of hydrogen-bond acceptors (Lipinski definition) is 6. The van der Waals surface area contributed by atoms with Crippen LogP contribution in [0.1, 0.15) is 55.6 Å². The molecule has 2 aliphatic heterocycles. The van der Waals surface area contributed by atoms with Gasteiger partial charge in [0.15, 0.2) is 5.78 Å². The molecule has 3 N–H and O–H groups in total. The average Bonchev–Trinajstić information content (AvgIpc) is 2.74. The van der Waals surface area contributed by atoms with Gasteiger partial charge in [0.05, 0.1) is 0 Å². The second kappa shape index (κ2) is 7.34. The van der Waals surface area contributed by atoms with Crippen molar-refractivity contribution in [3.8, 4) is 0 Å². The monoisotopic (exact) mass is 409 g/mol. The highest BCUT2D eigenvalue weighted by atomic mass is 35.5. The van der Waals surface area contributed by atoms with Gasteiger partial charge in [-0.1, -0.05) is 23.7 Å². The van der Waals surface area contributed by atoms with Gasteiger partial charge in [-0.25, -0.2) is 0 Å². The van der Waals surface area contributed by atoms with Crippen molar-refractivity contribution < 1.29 is 4.79 Å². The van der Waals surface area contributed by atoms with Gasteiger partial charge in [0, 0.05) is 47.3 Å². The lowest BCUT2D eigenvalue weighted by Gasteiger charge is -2.35. The van der Waals surface area contributed by atoms with E-state index in [1.165, 1.54) is 6.42 Å². The van der Waals surface area contributed by atoms with Crippen LogP contribution in [-0.2, 0) is 4.79 Å². The van der Waals surface area contributed by atoms with Gasteiger partial charge in [-0.2, -0.15) is 9.97 Å². The Bertz CT molecular complexity index is 995. The second-order valence-electron chi connectivity index (χ2n) is 8.00. The van der Waals surface area contributed by atoms with Gasteiger partial charge >= 0.3 is 0 Å². The molecule has 3 heterocycles. The predicted molar refractivity (Wildman–Crippen MR) is 115 cm³/mol. The number of hydrogen-bond donors (Lipinski definition) is 2. The van der Waals surface area contributed by atoms with Gasteiger partial charge in [0.2, 0.25) is 5.95 Å². The maximum atomic E-state index is 12.9. The van der Waals surface area contributed by atoms with Crippen LogP contribution in [0.25, 0.3) is 0 Å². The Hall–Kier alpha value is -2.60. The highest BCUT2D eigenvalue weighted by Crippen LogP contribution is 2.47. The Kier molecular flexibility index (Phi) is 4.66. The summed E-state index contributed by atoms with van der Waals surface area (Å²) in [5.74, 6) is 1.75. The molecule has 1 atom stereocenters. The third kappa shape index (κ3) is 3.25. The fraction of sp³-hybridized carbons (Fsp3) is 0.409. The summed E-state index contributed by atoms with van der Waals surface area (Å²) in [6.07, 6.45) is 5.79. The summed E-state index contributed by atoms with van der Waals surface area (Å²) in [5, 5.41) is 4.10. The number of benzene rings is 1. The predicted octanol–water partition coefficient (Wildman–Crippen LogP) is 4.27. The number of nitrogens with one attached hydrogen (secondary N) is 1. The van der Waals surface area contributed by atoms with Crippen molar-refractivity contribution in [2.45, 2.75) is 44.4 Å². The van der Waals surface area contributed by atoms with E-state index >= 15 is 0 Å². The number of carbonyl (C=O) groups is 1. The summed E-state index contributed by atoms with van der Waals surface area (Å²) < 4.78 is 0. The fourth-order valence-corrected chi connectivity index (χ4v) is 4.82. The quantitative estimate of drug-likeness (QED) is 0.770. The van der Waals surface area contributed by atoms with Crippen LogP contribution in [0, 0.1) is 0 Å². The second-order valence-corrected chi connectivity index (χ2v) is 8.43. The summed E-state index contributed by atoms with van der Waals surface area (Å²) in [6.45, 7) is 1.90. The zero-order chi connectivity index (χ0) is 20.0. The number of ketones is 1. The van der Waals surface area contributed by atoms with E-state index in [0.717, 1.165) is 67.0 Å². The SMILES string of the molecule is Nc1nc(N2CCCCC2)nc2c1[C@@H](c1ccc(Cl)cc1)C1=C(CCCC1=O)N2. The van der Waals surface area contributed by atoms with E-state index in [2.05, 4.69) is 15.2 Å². The minimum absolute atomic E-state index is 0.170. The Morgan fingerprint density at radius 2 is 1.79 bits per heavy atom. The first-order chi connectivity index (χ1) is 14.1. The molecule has 1 aromatic heterocycles. The number of fused-ring (bicyclic) bond motifs is 1. The van der Waals surface area contributed by atoms with Crippen molar-refractivity contribution in [3.05, 3.63) is 51.7 Å². The van der Waals surface area contributed by atoms with Gasteiger partial charge in [0.25, 0.3) is 0 Å². The van der Waals surface area contributed by atoms with Crippen LogP contribution in [0.5, 0.6) is 0 Å². The molecular formula is C22H24ClN5O. The number of piperidine rings is 1. The topological polar surface area (TPSA) is 84.1 Å². The molecule has 0 saturated carbocycles. The van der Waals surface area contributed by atoms with E-state index in [9.17, 15) is 4.79 Å². The van der Waals surface area contributed by atoms with Crippen LogP contribution in [-0.4, -0.2) is 28.8 Å². The Labute approximate surface area is 175 Å². The van der Waals surface area contributed by atoms with Crippen LogP contribution in [0.15, 0.2) is 35.5 Å². The van der Waals surface area contributed by atoms with Gasteiger partial charge in [0.1, 0.15) is 11.6 Å². The van der Waals surface area contributed by atoms with Gasteiger partial charge in [-0.05, 0) is 49.8 Å². The molecule has 0 spiro atoms. The van der Waals surface area contributed by atoms with E-state index in [0.29, 0.717) is 23.2 Å². The third-order valence-electron chi connectivity index (χ3n) is 6.11. The maximum Gasteiger partial charge on any atom is 0.229 e. The van der Waals surface area contributed by atoms with Gasteiger partial charge < -0.3 is 16.0 Å². The number of rotatable bonds is 2. The van der Waals surface area contributed by atoms with Crippen molar-refractivity contribution in [1.29, 1.82) is 0 Å². The smallest absolute Gasteiger partial charge is 0.229 e. The molecule has 1 fully saturated rings. The molecule has 0 unspecified atom stereocenters. The number of nitrogens with zero attached hydrogens (tertiary/aromatic N) is 3. The van der Waals surface area contributed by atoms with Crippen molar-refractivity contribution in [2.24, 2.45) is 0 Å². The summed E-state index contributed by atoms with van der Waals surface area (Å²) >= 11 is 6.11. The summed E-state index contributed by atoms with van der Waals surface area (Å²) in [4.78, 5) is 24.6. The van der Waals surface area contributed by atoms with Gasteiger partial charge in [-0.3, -0.25) is 4.79 Å². The molecule has 1 aliphatic carbocycles. The lowest BCUT2D eigenvalue weighted by molar-refractivity contribution is -0.116. The Morgan fingerprint density at radius 1 is 1.03 bits per heavy atom. The van der Waals surface area contributed by atoms with Crippen molar-refractivity contribution >= 4 is 35.0 Å². The van der Waals surface area contributed by atoms with E-state index < -0.39 is 0 Å². The normalized spacial score (nSPS) is 21.5. The Balaban J connectivity index is 1.65. The molecule has 5 rings (SSSR count). The van der Waals surface area contributed by atoms with E-state index in [1.54, 1.807) is 0 Å². The fourth-order valence-electron chi connectivity index (χ4n) is 4.69. The van der Waals surface area contributed by atoms with E-state index in [-0.39, 0.29) is 11.7 Å². The number of halogens is 1. The number of allylic oxidation sites excluding steroid dienone is 2. The zero-order valence-corrected chi connectivity index (χ0v) is 17.0. The summed E-state index contributed by atoms with van der Waals surface area (Å²) in [5.41, 5.74) is 10.0. The number of anilines is 3. The first-order valence-corrected chi connectivity index (χ1v) is 10.7. The molecule has 3 aliphatic rings. The minimum atomic E-state index is -0.262. The molecule has 1 aromatic carbocycles. The minimum Gasteiger partial charge on any atom is -0.383 e. The highest BCUT2D eigenvalue weighted by molar-refractivity contribution is 6.30. The van der Waals surface area contributed by atoms with Crippen LogP contribution in [0.3, 0.4) is 0 Å². The lowest BCUT2D eigenvalue weighted by Crippen LogP contribution is -2.33. The molecule has 2 aromatic rings. The largest absolute Gasteiger partial charge is 0.383 e. The number of aromatic nitrogens is 2. The van der Waals surface area contributed by atoms with Crippen LogP contribution >= 0.6 is 11.6 Å². The number of nitrogen functional groups attached to an aromatic ring is 1. The number of carbonyl (C=O) groups excluding carboxylic acids is 1. The highest BCUT2D eigenvalue weighted by Gasteiger charge is 2.38. The Morgan fingerprint density at radius 3 is 2.55 bits per heavy atom. The zero-order valence-electron chi connectivity index (χ0n) is 16.2. The lowest BCUT2D eigenvalue weighted by atomic mass is 9.76. The maximum absolute atomic E-state index is 12.9. The van der Waals surface area contributed by atoms with E-state index in [4.69, 9.17) is 22.3 Å². The molecular weight excluding hydrogens is 386 g/mol. The standard InChI is InChI=1S/C22H24ClN5O/c23-14-9-7-13(8-10-14)17-18-15(5-4-6-16(18)29)25-21-19(17)20(24)26-22(27-21)28-11-2-1-3-12-28/h7-10,17H,1-6,11-12H2,(H3,24,25,26,27)/t17-/m0/s1. The van der Waals surface area contributed by atoms with E-state index in [1.807, 2.05) is 24.3 Å². The summed E-state index contributed by atoms with van der Waals surface area (Å²) in [6, 6.07) is 7.63. The molecule has 1 saturated heterocycles. The molecule has 0 bridgehead atoms. The first kappa shape index (κ1) is 18.4. The van der Waals surface area contributed by atoms with Crippen molar-refractivity contribution in [2.75, 3.05) is 29.0 Å². The van der Waals surface area contributed by atoms with Crippen LogP contribution in [0.4, 0.5) is 17.6 Å². The third-order valence-corrected chi connectivity index (χ3v) is 6.36. The molecule has 0 radical (unpaired) electrons. The molecule has 150 valence electrons. The molecule has 6 nitrogen and oxygen atoms in total. The number of nitrogens with two attached hydrogens (primary N) is 1. The molecule has 7 heteroatoms. The molecule has 29 heavy (non-hydrogen) atoms. The van der Waals surface area contributed by atoms with Crippen molar-refractivity contribution in [3.63, 3.8) is 0 Å². The van der Waals surface area contributed by atoms with Crippen molar-refractivity contribution in [1.82, 2.24) is 9.97 Å². The van der Waals surface area contributed by atoms with Gasteiger partial charge in [-0.15, -0.1) is 0 Å². The first-order valence-electron chi connectivity index (χ1n) is 10.3.